The molecule has 0 bridgehead atoms. The van der Waals surface area contributed by atoms with Crippen molar-refractivity contribution in [3.63, 3.8) is 0 Å². The van der Waals surface area contributed by atoms with Crippen molar-refractivity contribution in [3.05, 3.63) is 33.3 Å². The quantitative estimate of drug-likeness (QED) is 0.605. The van der Waals surface area contributed by atoms with E-state index in [4.69, 9.17) is 17.3 Å². The van der Waals surface area contributed by atoms with Crippen LogP contribution in [0.1, 0.15) is 12.8 Å². The zero-order valence-electron chi connectivity index (χ0n) is 10.5. The Morgan fingerprint density at radius 2 is 2.15 bits per heavy atom. The van der Waals surface area contributed by atoms with Gasteiger partial charge in [-0.1, -0.05) is 11.6 Å². The smallest absolute Gasteiger partial charge is 0.289 e. The van der Waals surface area contributed by atoms with Crippen molar-refractivity contribution in [1.29, 1.82) is 0 Å². The van der Waals surface area contributed by atoms with E-state index in [1.807, 2.05) is 0 Å². The second-order valence-electron chi connectivity index (χ2n) is 4.72. The van der Waals surface area contributed by atoms with Gasteiger partial charge in [-0.25, -0.2) is 13.1 Å². The van der Waals surface area contributed by atoms with Gasteiger partial charge in [-0.3, -0.25) is 10.1 Å². The minimum atomic E-state index is -3.83. The van der Waals surface area contributed by atoms with Crippen LogP contribution < -0.4 is 10.5 Å². The van der Waals surface area contributed by atoms with Crippen LogP contribution in [0.5, 0.6) is 0 Å². The predicted molar refractivity (Wildman–Crippen MR) is 74.0 cm³/mol. The van der Waals surface area contributed by atoms with Gasteiger partial charge >= 0.3 is 0 Å². The molecule has 0 saturated heterocycles. The van der Waals surface area contributed by atoms with Gasteiger partial charge in [0.15, 0.2) is 0 Å². The molecule has 2 rings (SSSR count). The molecule has 0 aromatic heterocycles. The minimum Gasteiger partial charge on any atom is -0.326 e. The van der Waals surface area contributed by atoms with Gasteiger partial charge < -0.3 is 5.73 Å². The summed E-state index contributed by atoms with van der Waals surface area (Å²) in [5.41, 5.74) is 5.37. The number of nitrogens with one attached hydrogen (secondary N) is 1. The van der Waals surface area contributed by atoms with E-state index in [1.165, 1.54) is 12.1 Å². The summed E-state index contributed by atoms with van der Waals surface area (Å²) in [6.45, 7) is 0.115. The maximum Gasteiger partial charge on any atom is 0.289 e. The molecule has 1 saturated carbocycles. The summed E-state index contributed by atoms with van der Waals surface area (Å²) >= 11 is 5.64. The molecule has 1 unspecified atom stereocenters. The molecule has 1 aliphatic carbocycles. The molecular formula is C11H14ClN3O4S. The Kier molecular flexibility index (Phi) is 4.28. The molecule has 1 aromatic carbocycles. The fourth-order valence-corrected chi connectivity index (χ4v) is 3.06. The lowest BCUT2D eigenvalue weighted by Crippen LogP contribution is -2.38. The molecule has 0 amide bonds. The average molecular weight is 320 g/mol. The van der Waals surface area contributed by atoms with E-state index in [2.05, 4.69) is 4.72 Å². The van der Waals surface area contributed by atoms with E-state index < -0.39 is 20.6 Å². The third-order valence-electron chi connectivity index (χ3n) is 3.16. The molecule has 1 aromatic rings. The van der Waals surface area contributed by atoms with Gasteiger partial charge in [0, 0.05) is 18.7 Å². The molecule has 9 heteroatoms. The van der Waals surface area contributed by atoms with Crippen molar-refractivity contribution < 1.29 is 13.3 Å². The summed E-state index contributed by atoms with van der Waals surface area (Å²) in [6.07, 6.45) is 2.02. The van der Waals surface area contributed by atoms with Gasteiger partial charge in [-0.2, -0.15) is 0 Å². The van der Waals surface area contributed by atoms with Crippen LogP contribution in [0.4, 0.5) is 5.69 Å². The number of rotatable bonds is 6. The third-order valence-corrected chi connectivity index (χ3v) is 4.90. The molecule has 0 aliphatic heterocycles. The number of hydrogen-bond donors (Lipinski definition) is 2. The summed E-state index contributed by atoms with van der Waals surface area (Å²) in [5.74, 6) is 0.359. The van der Waals surface area contributed by atoms with Crippen molar-refractivity contribution >= 4 is 27.3 Å². The number of hydrogen-bond acceptors (Lipinski definition) is 5. The lowest BCUT2D eigenvalue weighted by Gasteiger charge is -2.12. The number of nitrogens with two attached hydrogens (primary N) is 1. The van der Waals surface area contributed by atoms with Crippen LogP contribution in [-0.2, 0) is 10.0 Å². The lowest BCUT2D eigenvalue weighted by atomic mass is 10.2. The molecule has 7 nitrogen and oxygen atoms in total. The Balaban J connectivity index is 2.16. The van der Waals surface area contributed by atoms with Crippen molar-refractivity contribution in [2.24, 2.45) is 11.7 Å². The topological polar surface area (TPSA) is 115 Å². The maximum atomic E-state index is 12.0. The van der Waals surface area contributed by atoms with Crippen molar-refractivity contribution in [2.45, 2.75) is 23.8 Å². The first-order valence-electron chi connectivity index (χ1n) is 6.00. The minimum absolute atomic E-state index is 0.108. The number of nitro groups is 1. The summed E-state index contributed by atoms with van der Waals surface area (Å²) in [6, 6.07) is 3.12. The molecular weight excluding hydrogens is 306 g/mol. The normalized spacial score (nSPS) is 16.9. The largest absolute Gasteiger partial charge is 0.326 e. The van der Waals surface area contributed by atoms with E-state index in [0.717, 1.165) is 18.9 Å². The first kappa shape index (κ1) is 15.2. The summed E-state index contributed by atoms with van der Waals surface area (Å²) < 4.78 is 26.4. The SMILES string of the molecule is NC(CNS(=O)(=O)c1ccc(Cl)c([N+](=O)[O-])c1)C1CC1. The molecule has 110 valence electrons. The van der Waals surface area contributed by atoms with Crippen molar-refractivity contribution in [2.75, 3.05) is 6.54 Å². The summed E-state index contributed by atoms with van der Waals surface area (Å²) in [7, 11) is -3.83. The molecule has 0 heterocycles. The average Bonchev–Trinajstić information content (AvgIpc) is 3.20. The Labute approximate surface area is 121 Å². The number of nitrogens with zero attached hydrogens (tertiary/aromatic N) is 1. The Morgan fingerprint density at radius 3 is 2.70 bits per heavy atom. The highest BCUT2D eigenvalue weighted by atomic mass is 35.5. The molecule has 20 heavy (non-hydrogen) atoms. The van der Waals surface area contributed by atoms with E-state index in [9.17, 15) is 18.5 Å². The summed E-state index contributed by atoms with van der Waals surface area (Å²) in [4.78, 5) is 9.83. The molecule has 1 aliphatic rings. The highest BCUT2D eigenvalue weighted by molar-refractivity contribution is 7.89. The van der Waals surface area contributed by atoms with Gasteiger partial charge in [0.1, 0.15) is 5.02 Å². The fourth-order valence-electron chi connectivity index (χ4n) is 1.78. The number of nitro benzene ring substituents is 1. The number of halogens is 1. The predicted octanol–water partition coefficient (Wildman–Crippen LogP) is 1.26. The third kappa shape index (κ3) is 3.45. The molecule has 0 radical (unpaired) electrons. The van der Waals surface area contributed by atoms with Crippen LogP contribution in [0.25, 0.3) is 0 Å². The van der Waals surface area contributed by atoms with Gasteiger partial charge in [0.25, 0.3) is 5.69 Å². The van der Waals surface area contributed by atoms with E-state index in [0.29, 0.717) is 5.92 Å². The molecule has 1 atom stereocenters. The maximum absolute atomic E-state index is 12.0. The molecule has 1 fully saturated rings. The van der Waals surface area contributed by atoms with Gasteiger partial charge in [-0.05, 0) is 30.9 Å². The highest BCUT2D eigenvalue weighted by Gasteiger charge is 2.29. The van der Waals surface area contributed by atoms with Crippen LogP contribution in [0, 0.1) is 16.0 Å². The van der Waals surface area contributed by atoms with Crippen LogP contribution in [-0.4, -0.2) is 25.9 Å². The molecule has 0 spiro atoms. The zero-order chi connectivity index (χ0) is 14.9. The molecule has 3 N–H and O–H groups in total. The van der Waals surface area contributed by atoms with Gasteiger partial charge in [0.05, 0.1) is 9.82 Å². The van der Waals surface area contributed by atoms with Crippen molar-refractivity contribution in [3.8, 4) is 0 Å². The van der Waals surface area contributed by atoms with Crippen molar-refractivity contribution in [1.82, 2.24) is 4.72 Å². The second kappa shape index (κ2) is 5.65. The second-order valence-corrected chi connectivity index (χ2v) is 6.90. The van der Waals surface area contributed by atoms with Crippen LogP contribution in [0.2, 0.25) is 5.02 Å². The monoisotopic (exact) mass is 319 g/mol. The first-order chi connectivity index (χ1) is 9.31. The zero-order valence-corrected chi connectivity index (χ0v) is 12.0. The van der Waals surface area contributed by atoms with E-state index >= 15 is 0 Å². The number of sulfonamides is 1. The highest BCUT2D eigenvalue weighted by Crippen LogP contribution is 2.31. The van der Waals surface area contributed by atoms with Crippen LogP contribution in [0.15, 0.2) is 23.1 Å². The van der Waals surface area contributed by atoms with Crippen LogP contribution >= 0.6 is 11.6 Å². The Bertz CT molecular complexity index is 631. The number of benzene rings is 1. The Hall–Kier alpha value is -1.22. The van der Waals surface area contributed by atoms with Crippen LogP contribution in [0.3, 0.4) is 0 Å². The summed E-state index contributed by atoms with van der Waals surface area (Å²) in [5, 5.41) is 10.6. The van der Waals surface area contributed by atoms with E-state index in [-0.39, 0.29) is 22.5 Å². The fraction of sp³-hybridized carbons (Fsp3) is 0.455. The standard InChI is InChI=1S/C11H14ClN3O4S/c12-9-4-3-8(5-11(9)15(16)17)20(18,19)14-6-10(13)7-1-2-7/h3-5,7,10,14H,1-2,6,13H2. The first-order valence-corrected chi connectivity index (χ1v) is 7.86. The van der Waals surface area contributed by atoms with Gasteiger partial charge in [0.2, 0.25) is 10.0 Å². The van der Waals surface area contributed by atoms with E-state index in [1.54, 1.807) is 0 Å². The lowest BCUT2D eigenvalue weighted by molar-refractivity contribution is -0.384. The van der Waals surface area contributed by atoms with Gasteiger partial charge in [-0.15, -0.1) is 0 Å². The Morgan fingerprint density at radius 1 is 1.50 bits per heavy atom.